The van der Waals surface area contributed by atoms with E-state index in [0.717, 1.165) is 17.5 Å². The lowest BCUT2D eigenvalue weighted by Gasteiger charge is -2.21. The van der Waals surface area contributed by atoms with E-state index in [0.29, 0.717) is 16.9 Å². The molecule has 0 amide bonds. The van der Waals surface area contributed by atoms with Gasteiger partial charge < -0.3 is 16.0 Å². The van der Waals surface area contributed by atoms with Gasteiger partial charge in [0.25, 0.3) is 0 Å². The lowest BCUT2D eigenvalue weighted by Crippen LogP contribution is -2.43. The van der Waals surface area contributed by atoms with Crippen LogP contribution in [0.4, 0.5) is 13.2 Å². The summed E-state index contributed by atoms with van der Waals surface area (Å²) in [6, 6.07) is 7.03. The summed E-state index contributed by atoms with van der Waals surface area (Å²) < 4.78 is 40.2. The Labute approximate surface area is 159 Å². The molecule has 6 nitrogen and oxygen atoms in total. The first kappa shape index (κ1) is 20.1. The van der Waals surface area contributed by atoms with E-state index in [1.165, 1.54) is 4.57 Å². The van der Waals surface area contributed by atoms with Crippen molar-refractivity contribution >= 4 is 11.0 Å². The molecule has 0 radical (unpaired) electrons. The standard InChI is InChI=1S/C19H22F3N5O/c1-2-14-9-13-11-27(18(28)26-17(13)25-14)15-5-3-12(4-6-15)10-24-16(7-8-23)19(20,21)22/h3-6,9,11,16,24H,2,7-8,10,23H2,1H3,(H,25,26,28). The first-order valence-electron chi connectivity index (χ1n) is 9.02. The van der Waals surface area contributed by atoms with Crippen molar-refractivity contribution in [3.63, 3.8) is 0 Å². The largest absolute Gasteiger partial charge is 0.403 e. The Morgan fingerprint density at radius 3 is 2.61 bits per heavy atom. The maximum absolute atomic E-state index is 12.9. The molecule has 28 heavy (non-hydrogen) atoms. The quantitative estimate of drug-likeness (QED) is 0.576. The molecule has 0 aliphatic carbocycles. The molecule has 0 saturated carbocycles. The minimum absolute atomic E-state index is 0.0482. The first-order valence-corrected chi connectivity index (χ1v) is 9.02. The molecular weight excluding hydrogens is 371 g/mol. The van der Waals surface area contributed by atoms with E-state index in [-0.39, 0.29) is 19.5 Å². The number of nitrogens with one attached hydrogen (secondary N) is 2. The van der Waals surface area contributed by atoms with Gasteiger partial charge in [0.15, 0.2) is 0 Å². The fraction of sp³-hybridized carbons (Fsp3) is 0.368. The van der Waals surface area contributed by atoms with Gasteiger partial charge in [-0.15, -0.1) is 0 Å². The molecule has 4 N–H and O–H groups in total. The van der Waals surface area contributed by atoms with Crippen LogP contribution >= 0.6 is 0 Å². The van der Waals surface area contributed by atoms with E-state index in [2.05, 4.69) is 15.3 Å². The van der Waals surface area contributed by atoms with Crippen LogP contribution in [0.15, 0.2) is 41.3 Å². The molecule has 2 heterocycles. The number of hydrogen-bond acceptors (Lipinski definition) is 4. The molecule has 3 aromatic rings. The number of nitrogens with zero attached hydrogens (tertiary/aromatic N) is 2. The fourth-order valence-electron chi connectivity index (χ4n) is 2.99. The van der Waals surface area contributed by atoms with Crippen molar-refractivity contribution in [1.29, 1.82) is 0 Å². The Bertz CT molecular complexity index is 991. The van der Waals surface area contributed by atoms with Gasteiger partial charge in [-0.1, -0.05) is 19.1 Å². The second-order valence-corrected chi connectivity index (χ2v) is 6.56. The van der Waals surface area contributed by atoms with Gasteiger partial charge in [0.05, 0.1) is 5.69 Å². The maximum Gasteiger partial charge on any atom is 0.403 e. The Balaban J connectivity index is 1.78. The van der Waals surface area contributed by atoms with E-state index >= 15 is 0 Å². The van der Waals surface area contributed by atoms with Crippen molar-refractivity contribution in [1.82, 2.24) is 19.9 Å². The van der Waals surface area contributed by atoms with Crippen LogP contribution < -0.4 is 16.7 Å². The number of hydrogen-bond donors (Lipinski definition) is 3. The molecule has 150 valence electrons. The van der Waals surface area contributed by atoms with Gasteiger partial charge in [0.1, 0.15) is 11.7 Å². The Hall–Kier alpha value is -2.65. The van der Waals surface area contributed by atoms with Crippen LogP contribution in [0.1, 0.15) is 24.6 Å². The highest BCUT2D eigenvalue weighted by Gasteiger charge is 2.38. The van der Waals surface area contributed by atoms with Gasteiger partial charge in [0, 0.05) is 23.8 Å². The van der Waals surface area contributed by atoms with Gasteiger partial charge in [0.2, 0.25) is 0 Å². The second-order valence-electron chi connectivity index (χ2n) is 6.56. The highest BCUT2D eigenvalue weighted by atomic mass is 19.4. The average Bonchev–Trinajstić information content (AvgIpc) is 3.06. The maximum atomic E-state index is 12.9. The molecule has 0 spiro atoms. The highest BCUT2D eigenvalue weighted by molar-refractivity contribution is 5.75. The molecule has 0 fully saturated rings. The van der Waals surface area contributed by atoms with Crippen LogP contribution in [0.25, 0.3) is 16.7 Å². The summed E-state index contributed by atoms with van der Waals surface area (Å²) in [6.07, 6.45) is -2.02. The molecule has 1 atom stereocenters. The minimum atomic E-state index is -4.35. The molecule has 1 unspecified atom stereocenters. The van der Waals surface area contributed by atoms with Crippen LogP contribution in [0.3, 0.4) is 0 Å². The summed E-state index contributed by atoms with van der Waals surface area (Å²) >= 11 is 0. The normalized spacial score (nSPS) is 13.2. The van der Waals surface area contributed by atoms with Gasteiger partial charge in [-0.3, -0.25) is 4.57 Å². The number of aromatic nitrogens is 3. The number of alkyl halides is 3. The number of H-pyrrole nitrogens is 1. The third kappa shape index (κ3) is 4.42. The Kier molecular flexibility index (Phi) is 5.85. The van der Waals surface area contributed by atoms with Crippen LogP contribution in [-0.4, -0.2) is 33.3 Å². The Morgan fingerprint density at radius 2 is 2.00 bits per heavy atom. The van der Waals surface area contributed by atoms with E-state index in [1.807, 2.05) is 13.0 Å². The second kappa shape index (κ2) is 8.15. The molecule has 0 aliphatic heterocycles. The molecule has 0 saturated heterocycles. The van der Waals surface area contributed by atoms with E-state index in [1.54, 1.807) is 30.5 Å². The molecule has 1 aromatic carbocycles. The van der Waals surface area contributed by atoms with Gasteiger partial charge in [-0.25, -0.2) is 4.79 Å². The number of aryl methyl sites for hydroxylation is 1. The van der Waals surface area contributed by atoms with Gasteiger partial charge in [-0.2, -0.15) is 18.2 Å². The summed E-state index contributed by atoms with van der Waals surface area (Å²) in [5, 5.41) is 3.31. The number of rotatable bonds is 7. The van der Waals surface area contributed by atoms with Crippen molar-refractivity contribution in [3.8, 4) is 5.69 Å². The summed E-state index contributed by atoms with van der Waals surface area (Å²) in [5.74, 6) is 0. The third-order valence-corrected chi connectivity index (χ3v) is 4.56. The fourth-order valence-corrected chi connectivity index (χ4v) is 2.99. The molecule has 0 aliphatic rings. The van der Waals surface area contributed by atoms with Crippen molar-refractivity contribution < 1.29 is 13.2 Å². The number of nitrogens with two attached hydrogens (primary N) is 1. The first-order chi connectivity index (χ1) is 13.3. The van der Waals surface area contributed by atoms with E-state index < -0.39 is 17.9 Å². The summed E-state index contributed by atoms with van der Waals surface area (Å²) in [7, 11) is 0. The van der Waals surface area contributed by atoms with Crippen molar-refractivity contribution in [2.75, 3.05) is 6.54 Å². The van der Waals surface area contributed by atoms with Crippen molar-refractivity contribution in [2.24, 2.45) is 5.73 Å². The van der Waals surface area contributed by atoms with Crippen LogP contribution in [0.2, 0.25) is 0 Å². The lowest BCUT2D eigenvalue weighted by atomic mass is 10.1. The molecule has 9 heteroatoms. The van der Waals surface area contributed by atoms with Gasteiger partial charge in [-0.05, 0) is 43.1 Å². The highest BCUT2D eigenvalue weighted by Crippen LogP contribution is 2.22. The van der Waals surface area contributed by atoms with Gasteiger partial charge >= 0.3 is 11.9 Å². The minimum Gasteiger partial charge on any atom is -0.343 e. The van der Waals surface area contributed by atoms with Crippen LogP contribution in [0, 0.1) is 0 Å². The van der Waals surface area contributed by atoms with Crippen LogP contribution in [-0.2, 0) is 13.0 Å². The topological polar surface area (TPSA) is 88.7 Å². The van der Waals surface area contributed by atoms with Crippen molar-refractivity contribution in [3.05, 3.63) is 58.3 Å². The summed E-state index contributed by atoms with van der Waals surface area (Å²) in [5.41, 5.74) is 7.63. The molecular formula is C19H22F3N5O. The molecule has 0 bridgehead atoms. The summed E-state index contributed by atoms with van der Waals surface area (Å²) in [6.45, 7) is 2.00. The zero-order valence-electron chi connectivity index (χ0n) is 15.4. The third-order valence-electron chi connectivity index (χ3n) is 4.56. The predicted octanol–water partition coefficient (Wildman–Crippen LogP) is 2.65. The zero-order chi connectivity index (χ0) is 20.3. The Morgan fingerprint density at radius 1 is 1.29 bits per heavy atom. The van der Waals surface area contributed by atoms with E-state index in [9.17, 15) is 18.0 Å². The molecule has 3 rings (SSSR count). The van der Waals surface area contributed by atoms with Crippen LogP contribution in [0.5, 0.6) is 0 Å². The number of aromatic amines is 1. The predicted molar refractivity (Wildman–Crippen MR) is 101 cm³/mol. The monoisotopic (exact) mass is 393 g/mol. The number of fused-ring (bicyclic) bond motifs is 1. The lowest BCUT2D eigenvalue weighted by molar-refractivity contribution is -0.157. The van der Waals surface area contributed by atoms with Crippen molar-refractivity contribution in [2.45, 2.75) is 38.5 Å². The SMILES string of the molecule is CCc1cc2cn(-c3ccc(CNC(CCN)C(F)(F)F)cc3)c(=O)nc2[nH]1. The van der Waals surface area contributed by atoms with E-state index in [4.69, 9.17) is 5.73 Å². The number of benzene rings is 1. The smallest absolute Gasteiger partial charge is 0.343 e. The molecule has 2 aromatic heterocycles. The average molecular weight is 393 g/mol. The summed E-state index contributed by atoms with van der Waals surface area (Å²) in [4.78, 5) is 19.4. The number of halogens is 3. The zero-order valence-corrected chi connectivity index (χ0v) is 15.4.